The van der Waals surface area contributed by atoms with Crippen molar-refractivity contribution in [1.82, 2.24) is 20.0 Å². The van der Waals surface area contributed by atoms with Crippen molar-refractivity contribution < 1.29 is 9.59 Å². The first-order chi connectivity index (χ1) is 9.74. The van der Waals surface area contributed by atoms with Gasteiger partial charge in [0.2, 0.25) is 11.8 Å². The number of amides is 2. The minimum atomic E-state index is 0. The van der Waals surface area contributed by atoms with Crippen molar-refractivity contribution in [2.45, 2.75) is 25.3 Å². The minimum absolute atomic E-state index is 0. The van der Waals surface area contributed by atoms with Crippen LogP contribution in [0.15, 0.2) is 0 Å². The van der Waals surface area contributed by atoms with Gasteiger partial charge in [0.1, 0.15) is 0 Å². The third kappa shape index (κ3) is 4.31. The van der Waals surface area contributed by atoms with Crippen molar-refractivity contribution in [2.24, 2.45) is 0 Å². The van der Waals surface area contributed by atoms with Gasteiger partial charge in [0.05, 0.1) is 6.54 Å². The molecule has 0 bridgehead atoms. The highest BCUT2D eigenvalue weighted by Crippen LogP contribution is 2.27. The van der Waals surface area contributed by atoms with Crippen molar-refractivity contribution in [2.75, 3.05) is 52.4 Å². The molecule has 3 rings (SSSR count). The van der Waals surface area contributed by atoms with Crippen LogP contribution in [0.25, 0.3) is 0 Å². The summed E-state index contributed by atoms with van der Waals surface area (Å²) in [6, 6.07) is 0.520. The Labute approximate surface area is 132 Å². The number of hydrogen-bond acceptors (Lipinski definition) is 4. The monoisotopic (exact) mass is 316 g/mol. The van der Waals surface area contributed by atoms with Crippen molar-refractivity contribution >= 4 is 24.2 Å². The van der Waals surface area contributed by atoms with Crippen LogP contribution >= 0.6 is 12.4 Å². The Morgan fingerprint density at radius 1 is 1.14 bits per heavy atom. The van der Waals surface area contributed by atoms with E-state index in [0.29, 0.717) is 25.6 Å². The zero-order chi connectivity index (χ0) is 13.9. The molecule has 0 radical (unpaired) electrons. The van der Waals surface area contributed by atoms with Gasteiger partial charge in [0.25, 0.3) is 0 Å². The molecule has 0 spiro atoms. The van der Waals surface area contributed by atoms with Crippen LogP contribution in [0.4, 0.5) is 0 Å². The molecule has 6 nitrogen and oxygen atoms in total. The molecule has 0 aromatic rings. The van der Waals surface area contributed by atoms with Crippen LogP contribution in [0.1, 0.15) is 19.3 Å². The first-order valence-electron chi connectivity index (χ1n) is 7.74. The van der Waals surface area contributed by atoms with Gasteiger partial charge in [-0.25, -0.2) is 0 Å². The second kappa shape index (κ2) is 7.42. The number of carbonyl (C=O) groups is 2. The van der Waals surface area contributed by atoms with Gasteiger partial charge in [0.15, 0.2) is 0 Å². The Bertz CT molecular complexity index is 383. The van der Waals surface area contributed by atoms with Gasteiger partial charge in [-0.3, -0.25) is 14.5 Å². The Balaban J connectivity index is 0.00000161. The quantitative estimate of drug-likeness (QED) is 0.762. The molecule has 2 heterocycles. The lowest BCUT2D eigenvalue weighted by atomic mass is 10.2. The van der Waals surface area contributed by atoms with E-state index in [-0.39, 0.29) is 24.2 Å². The maximum atomic E-state index is 12.1. The number of carbonyl (C=O) groups excluding carboxylic acids is 2. The van der Waals surface area contributed by atoms with Gasteiger partial charge in [-0.2, -0.15) is 0 Å². The van der Waals surface area contributed by atoms with E-state index in [1.807, 2.05) is 9.80 Å². The van der Waals surface area contributed by atoms with Crippen molar-refractivity contribution in [3.05, 3.63) is 0 Å². The highest BCUT2D eigenvalue weighted by Gasteiger charge is 2.35. The SMILES string of the molecule is Cl.O=C(CCN1CCN(C2CC2)C(=O)C1)N1CCNCC1. The van der Waals surface area contributed by atoms with Gasteiger partial charge in [-0.15, -0.1) is 12.4 Å². The first-order valence-corrected chi connectivity index (χ1v) is 7.74. The summed E-state index contributed by atoms with van der Waals surface area (Å²) >= 11 is 0. The number of piperazine rings is 2. The number of nitrogens with one attached hydrogen (secondary N) is 1. The van der Waals surface area contributed by atoms with E-state index in [0.717, 1.165) is 39.3 Å². The summed E-state index contributed by atoms with van der Waals surface area (Å²) in [4.78, 5) is 30.2. The van der Waals surface area contributed by atoms with Gasteiger partial charge in [0, 0.05) is 58.3 Å². The van der Waals surface area contributed by atoms with Gasteiger partial charge in [-0.1, -0.05) is 0 Å². The highest BCUT2D eigenvalue weighted by atomic mass is 35.5. The molecule has 2 aliphatic heterocycles. The first kappa shape index (κ1) is 16.5. The largest absolute Gasteiger partial charge is 0.340 e. The molecule has 0 aromatic carbocycles. The van der Waals surface area contributed by atoms with Gasteiger partial charge < -0.3 is 15.1 Å². The van der Waals surface area contributed by atoms with E-state index < -0.39 is 0 Å². The second-order valence-electron chi connectivity index (χ2n) is 5.98. The average Bonchev–Trinajstić information content (AvgIpc) is 3.30. The predicted molar refractivity (Wildman–Crippen MR) is 82.5 cm³/mol. The fourth-order valence-corrected chi connectivity index (χ4v) is 3.02. The van der Waals surface area contributed by atoms with Crippen molar-refractivity contribution in [3.63, 3.8) is 0 Å². The lowest BCUT2D eigenvalue weighted by molar-refractivity contribution is -0.138. The number of rotatable bonds is 4. The molecule has 0 aromatic heterocycles. The second-order valence-corrected chi connectivity index (χ2v) is 5.98. The Kier molecular flexibility index (Phi) is 5.84. The minimum Gasteiger partial charge on any atom is -0.340 e. The molecule has 21 heavy (non-hydrogen) atoms. The molecular weight excluding hydrogens is 292 g/mol. The highest BCUT2D eigenvalue weighted by molar-refractivity contribution is 5.85. The van der Waals surface area contributed by atoms with Crippen molar-refractivity contribution in [1.29, 1.82) is 0 Å². The fourth-order valence-electron chi connectivity index (χ4n) is 3.02. The molecule has 0 unspecified atom stereocenters. The van der Waals surface area contributed by atoms with Crippen LogP contribution in [0, 0.1) is 0 Å². The van der Waals surface area contributed by atoms with Crippen LogP contribution in [0.5, 0.6) is 0 Å². The standard InChI is InChI=1S/C14H24N4O2.ClH/c19-13(17-7-4-15-5-8-17)3-6-16-9-10-18(12-1-2-12)14(20)11-16;/h12,15H,1-11H2;1H. The van der Waals surface area contributed by atoms with Crippen LogP contribution in [-0.4, -0.2) is 84.9 Å². The number of halogens is 1. The Morgan fingerprint density at radius 3 is 2.48 bits per heavy atom. The summed E-state index contributed by atoms with van der Waals surface area (Å²) in [6.07, 6.45) is 2.89. The molecule has 3 aliphatic rings. The number of hydrogen-bond donors (Lipinski definition) is 1. The van der Waals surface area contributed by atoms with E-state index in [1.165, 1.54) is 12.8 Å². The topological polar surface area (TPSA) is 55.9 Å². The van der Waals surface area contributed by atoms with E-state index in [2.05, 4.69) is 10.2 Å². The van der Waals surface area contributed by atoms with Gasteiger partial charge in [-0.05, 0) is 12.8 Å². The third-order valence-corrected chi connectivity index (χ3v) is 4.44. The Morgan fingerprint density at radius 2 is 1.86 bits per heavy atom. The van der Waals surface area contributed by atoms with Crippen LogP contribution < -0.4 is 5.32 Å². The van der Waals surface area contributed by atoms with E-state index in [9.17, 15) is 9.59 Å². The molecule has 1 saturated carbocycles. The summed E-state index contributed by atoms with van der Waals surface area (Å²) in [5.41, 5.74) is 0. The normalized spacial score (nSPS) is 23.9. The van der Waals surface area contributed by atoms with Crippen LogP contribution in [-0.2, 0) is 9.59 Å². The molecule has 120 valence electrons. The molecular formula is C14H25ClN4O2. The van der Waals surface area contributed by atoms with Crippen LogP contribution in [0.3, 0.4) is 0 Å². The summed E-state index contributed by atoms with van der Waals surface area (Å²) in [5, 5.41) is 3.25. The molecule has 1 N–H and O–H groups in total. The zero-order valence-corrected chi connectivity index (χ0v) is 13.2. The average molecular weight is 317 g/mol. The molecule has 2 saturated heterocycles. The molecule has 7 heteroatoms. The smallest absolute Gasteiger partial charge is 0.237 e. The predicted octanol–water partition coefficient (Wildman–Crippen LogP) is -0.463. The van der Waals surface area contributed by atoms with E-state index in [4.69, 9.17) is 0 Å². The maximum absolute atomic E-state index is 12.1. The number of nitrogens with zero attached hydrogens (tertiary/aromatic N) is 3. The summed E-state index contributed by atoms with van der Waals surface area (Å²) < 4.78 is 0. The third-order valence-electron chi connectivity index (χ3n) is 4.44. The van der Waals surface area contributed by atoms with E-state index >= 15 is 0 Å². The van der Waals surface area contributed by atoms with Gasteiger partial charge >= 0.3 is 0 Å². The maximum Gasteiger partial charge on any atom is 0.237 e. The van der Waals surface area contributed by atoms with Crippen LogP contribution in [0.2, 0.25) is 0 Å². The fraction of sp³-hybridized carbons (Fsp3) is 0.857. The van der Waals surface area contributed by atoms with E-state index in [1.54, 1.807) is 0 Å². The summed E-state index contributed by atoms with van der Waals surface area (Å²) in [6.45, 7) is 6.37. The molecule has 1 aliphatic carbocycles. The molecule has 2 amide bonds. The Hall–Kier alpha value is -0.850. The zero-order valence-electron chi connectivity index (χ0n) is 12.4. The summed E-state index contributed by atoms with van der Waals surface area (Å²) in [5.74, 6) is 0.469. The summed E-state index contributed by atoms with van der Waals surface area (Å²) in [7, 11) is 0. The molecule has 3 fully saturated rings. The molecule has 0 atom stereocenters. The lowest BCUT2D eigenvalue weighted by Crippen LogP contribution is -2.52. The van der Waals surface area contributed by atoms with Crippen molar-refractivity contribution in [3.8, 4) is 0 Å². The lowest BCUT2D eigenvalue weighted by Gasteiger charge is -2.35.